The monoisotopic (exact) mass is 377 g/mol. The molecule has 0 spiro atoms. The van der Waals surface area contributed by atoms with Gasteiger partial charge in [-0.15, -0.1) is 0 Å². The van der Waals surface area contributed by atoms with Gasteiger partial charge in [-0.1, -0.05) is 48.5 Å². The molecule has 0 saturated carbocycles. The van der Waals surface area contributed by atoms with Crippen LogP contribution in [0.25, 0.3) is 0 Å². The Kier molecular flexibility index (Phi) is 5.26. The summed E-state index contributed by atoms with van der Waals surface area (Å²) in [6.07, 6.45) is 2.09. The second-order valence-corrected chi connectivity index (χ2v) is 7.25. The zero-order valence-electron chi connectivity index (χ0n) is 16.0. The molecule has 2 heterocycles. The highest BCUT2D eigenvalue weighted by Gasteiger charge is 2.30. The molecule has 4 rings (SSSR count). The van der Waals surface area contributed by atoms with E-state index in [4.69, 9.17) is 0 Å². The van der Waals surface area contributed by atoms with Crippen molar-refractivity contribution < 1.29 is 9.18 Å². The second kappa shape index (κ2) is 7.98. The number of hydrogen-bond acceptors (Lipinski definition) is 2. The Morgan fingerprint density at radius 1 is 1.04 bits per heavy atom. The normalized spacial score (nSPS) is 16.6. The van der Waals surface area contributed by atoms with Gasteiger partial charge in [0.05, 0.1) is 12.6 Å². The Balaban J connectivity index is 1.53. The van der Waals surface area contributed by atoms with Crippen molar-refractivity contribution in [2.24, 2.45) is 0 Å². The van der Waals surface area contributed by atoms with Gasteiger partial charge in [0.25, 0.3) is 0 Å². The molecule has 144 valence electrons. The molecule has 0 bridgehead atoms. The first-order valence-electron chi connectivity index (χ1n) is 9.55. The standard InChI is InChI=1S/C23H24FN3O/c1-25(16-19-10-5-6-11-20(19)24)22(28)17-27-15-14-26-13-7-12-21(26)23(27)18-8-3-2-4-9-18/h2-13,23H,14-17H2,1H3. The van der Waals surface area contributed by atoms with E-state index in [1.54, 1.807) is 30.1 Å². The highest BCUT2D eigenvalue weighted by atomic mass is 19.1. The van der Waals surface area contributed by atoms with Crippen LogP contribution in [0.15, 0.2) is 72.9 Å². The Labute approximate surface area is 164 Å². The minimum absolute atomic E-state index is 0.0100. The lowest BCUT2D eigenvalue weighted by Gasteiger charge is -2.37. The molecule has 1 unspecified atom stereocenters. The van der Waals surface area contributed by atoms with Gasteiger partial charge in [-0.05, 0) is 23.8 Å². The molecule has 0 saturated heterocycles. The summed E-state index contributed by atoms with van der Waals surface area (Å²) in [4.78, 5) is 16.7. The van der Waals surface area contributed by atoms with Crippen LogP contribution in [0.2, 0.25) is 0 Å². The molecule has 0 N–H and O–H groups in total. The van der Waals surface area contributed by atoms with Crippen LogP contribution in [0.3, 0.4) is 0 Å². The SMILES string of the molecule is CN(Cc1ccccc1F)C(=O)CN1CCn2cccc2C1c1ccccc1. The lowest BCUT2D eigenvalue weighted by atomic mass is 10.00. The molecule has 28 heavy (non-hydrogen) atoms. The van der Waals surface area contributed by atoms with Gasteiger partial charge in [-0.25, -0.2) is 4.39 Å². The number of carbonyl (C=O) groups excluding carboxylic acids is 1. The summed E-state index contributed by atoms with van der Waals surface area (Å²) in [7, 11) is 1.74. The molecule has 2 aromatic carbocycles. The van der Waals surface area contributed by atoms with Crippen LogP contribution in [-0.2, 0) is 17.9 Å². The third kappa shape index (κ3) is 3.71. The summed E-state index contributed by atoms with van der Waals surface area (Å²) < 4.78 is 16.2. The molecule has 1 amide bonds. The van der Waals surface area contributed by atoms with Crippen LogP contribution in [-0.4, -0.2) is 40.4 Å². The molecule has 1 atom stereocenters. The maximum Gasteiger partial charge on any atom is 0.236 e. The van der Waals surface area contributed by atoms with Gasteiger partial charge in [0, 0.05) is 44.1 Å². The highest BCUT2D eigenvalue weighted by Crippen LogP contribution is 2.32. The van der Waals surface area contributed by atoms with Crippen LogP contribution < -0.4 is 0 Å². The minimum Gasteiger partial charge on any atom is -0.348 e. The number of hydrogen-bond donors (Lipinski definition) is 0. The molecule has 4 nitrogen and oxygen atoms in total. The third-order valence-electron chi connectivity index (χ3n) is 5.38. The molecule has 0 aliphatic carbocycles. The number of carbonyl (C=O) groups is 1. The van der Waals surface area contributed by atoms with Gasteiger partial charge in [-0.2, -0.15) is 0 Å². The van der Waals surface area contributed by atoms with Crippen LogP contribution in [0.5, 0.6) is 0 Å². The van der Waals surface area contributed by atoms with Gasteiger partial charge in [0.15, 0.2) is 0 Å². The van der Waals surface area contributed by atoms with Crippen molar-refractivity contribution in [3.63, 3.8) is 0 Å². The fourth-order valence-electron chi connectivity index (χ4n) is 3.88. The number of aromatic nitrogens is 1. The van der Waals surface area contributed by atoms with Gasteiger partial charge < -0.3 is 9.47 Å². The minimum atomic E-state index is -0.278. The Bertz CT molecular complexity index is 953. The average molecular weight is 377 g/mol. The number of rotatable bonds is 5. The van der Waals surface area contributed by atoms with E-state index in [1.807, 2.05) is 18.2 Å². The van der Waals surface area contributed by atoms with E-state index < -0.39 is 0 Å². The Morgan fingerprint density at radius 3 is 2.57 bits per heavy atom. The fraction of sp³-hybridized carbons (Fsp3) is 0.261. The molecular formula is C23H24FN3O. The number of amides is 1. The summed E-state index contributed by atoms with van der Waals surface area (Å²) in [6, 6.07) is 21.1. The van der Waals surface area contributed by atoms with Crippen molar-refractivity contribution in [3.8, 4) is 0 Å². The van der Waals surface area contributed by atoms with Crippen molar-refractivity contribution in [2.75, 3.05) is 20.1 Å². The van der Waals surface area contributed by atoms with E-state index in [9.17, 15) is 9.18 Å². The first-order chi connectivity index (χ1) is 13.6. The van der Waals surface area contributed by atoms with Gasteiger partial charge in [0.1, 0.15) is 5.82 Å². The smallest absolute Gasteiger partial charge is 0.236 e. The predicted octanol–water partition coefficient (Wildman–Crippen LogP) is 3.69. The summed E-state index contributed by atoms with van der Waals surface area (Å²) in [5.74, 6) is -0.288. The number of fused-ring (bicyclic) bond motifs is 1. The zero-order chi connectivity index (χ0) is 19.5. The topological polar surface area (TPSA) is 28.5 Å². The highest BCUT2D eigenvalue weighted by molar-refractivity contribution is 5.78. The van der Waals surface area contributed by atoms with Crippen molar-refractivity contribution in [2.45, 2.75) is 19.1 Å². The number of nitrogens with zero attached hydrogens (tertiary/aromatic N) is 3. The van der Waals surface area contributed by atoms with E-state index in [0.717, 1.165) is 13.1 Å². The number of likely N-dealkylation sites (N-methyl/N-ethyl adjacent to an activating group) is 1. The van der Waals surface area contributed by atoms with Crippen LogP contribution >= 0.6 is 0 Å². The van der Waals surface area contributed by atoms with Gasteiger partial charge >= 0.3 is 0 Å². The molecule has 1 aliphatic rings. The lowest BCUT2D eigenvalue weighted by molar-refractivity contribution is -0.132. The van der Waals surface area contributed by atoms with Crippen molar-refractivity contribution in [3.05, 3.63) is 95.6 Å². The lowest BCUT2D eigenvalue weighted by Crippen LogP contribution is -2.44. The summed E-state index contributed by atoms with van der Waals surface area (Å²) in [6.45, 7) is 2.22. The largest absolute Gasteiger partial charge is 0.348 e. The zero-order valence-corrected chi connectivity index (χ0v) is 16.0. The molecule has 0 radical (unpaired) electrons. The molecule has 1 aliphatic heterocycles. The first kappa shape index (κ1) is 18.4. The molecule has 1 aromatic heterocycles. The van der Waals surface area contributed by atoms with E-state index in [2.05, 4.69) is 39.9 Å². The number of benzene rings is 2. The second-order valence-electron chi connectivity index (χ2n) is 7.25. The quantitative estimate of drug-likeness (QED) is 0.678. The van der Waals surface area contributed by atoms with Gasteiger partial charge in [-0.3, -0.25) is 9.69 Å². The summed E-state index contributed by atoms with van der Waals surface area (Å²) in [5.41, 5.74) is 2.90. The molecular weight excluding hydrogens is 353 g/mol. The average Bonchev–Trinajstić information content (AvgIpc) is 3.19. The van der Waals surface area contributed by atoms with E-state index in [-0.39, 0.29) is 24.3 Å². The maximum atomic E-state index is 13.9. The predicted molar refractivity (Wildman–Crippen MR) is 107 cm³/mol. The number of halogens is 1. The molecule has 0 fully saturated rings. The van der Waals surface area contributed by atoms with E-state index in [0.29, 0.717) is 12.1 Å². The summed E-state index contributed by atoms with van der Waals surface area (Å²) >= 11 is 0. The van der Waals surface area contributed by atoms with Crippen LogP contribution in [0, 0.1) is 5.82 Å². The Hall–Kier alpha value is -2.92. The Morgan fingerprint density at radius 2 is 1.79 bits per heavy atom. The molecule has 3 aromatic rings. The fourth-order valence-corrected chi connectivity index (χ4v) is 3.88. The van der Waals surface area contributed by atoms with Crippen molar-refractivity contribution in [1.82, 2.24) is 14.4 Å². The van der Waals surface area contributed by atoms with E-state index >= 15 is 0 Å². The van der Waals surface area contributed by atoms with Crippen molar-refractivity contribution >= 4 is 5.91 Å². The van der Waals surface area contributed by atoms with Gasteiger partial charge in [0.2, 0.25) is 5.91 Å². The molecule has 5 heteroatoms. The maximum absolute atomic E-state index is 13.9. The van der Waals surface area contributed by atoms with Crippen LogP contribution in [0.1, 0.15) is 22.9 Å². The van der Waals surface area contributed by atoms with Crippen LogP contribution in [0.4, 0.5) is 4.39 Å². The summed E-state index contributed by atoms with van der Waals surface area (Å²) in [5, 5.41) is 0. The van der Waals surface area contributed by atoms with Crippen molar-refractivity contribution in [1.29, 1.82) is 0 Å². The first-order valence-corrected chi connectivity index (χ1v) is 9.55. The van der Waals surface area contributed by atoms with E-state index in [1.165, 1.54) is 17.3 Å². The third-order valence-corrected chi connectivity index (χ3v) is 5.38.